The van der Waals surface area contributed by atoms with Gasteiger partial charge in [-0.2, -0.15) is 0 Å². The summed E-state index contributed by atoms with van der Waals surface area (Å²) in [5, 5.41) is 19.5. The normalized spacial score (nSPS) is 12.2. The minimum absolute atomic E-state index is 0.0621. The molecule has 0 saturated carbocycles. The van der Waals surface area contributed by atoms with Crippen LogP contribution in [-0.4, -0.2) is 31.7 Å². The lowest BCUT2D eigenvalue weighted by Crippen LogP contribution is -2.38. The van der Waals surface area contributed by atoms with E-state index in [4.69, 9.17) is 0 Å². The molecule has 1 atom stereocenters. The molecule has 208 valence electrons. The number of hydrogen-bond acceptors (Lipinski definition) is 2. The van der Waals surface area contributed by atoms with Gasteiger partial charge in [0.1, 0.15) is 0 Å². The zero-order chi connectivity index (χ0) is 27.5. The highest BCUT2D eigenvalue weighted by atomic mass is 16.2. The first-order chi connectivity index (χ1) is 19.1. The molecule has 4 N–H and O–H groups in total. The number of urea groups is 2. The summed E-state index contributed by atoms with van der Waals surface area (Å²) < 4.78 is 0. The smallest absolute Gasteiger partial charge is 0.315 e. The Kier molecular flexibility index (Phi) is 10.6. The van der Waals surface area contributed by atoms with Crippen LogP contribution in [0.25, 0.3) is 32.3 Å². The Hall–Kier alpha value is -3.54. The summed E-state index contributed by atoms with van der Waals surface area (Å²) in [6, 6.07) is 19.2. The number of carbonyl (C=O) groups is 2. The van der Waals surface area contributed by atoms with Crippen molar-refractivity contribution in [2.45, 2.75) is 71.8 Å². The quantitative estimate of drug-likeness (QED) is 0.0954. The molecule has 0 saturated heterocycles. The molecule has 0 bridgehead atoms. The van der Waals surface area contributed by atoms with Crippen LogP contribution in [0.3, 0.4) is 0 Å². The van der Waals surface area contributed by atoms with Crippen LogP contribution in [-0.2, 0) is 6.54 Å². The maximum atomic E-state index is 12.4. The summed E-state index contributed by atoms with van der Waals surface area (Å²) >= 11 is 0. The van der Waals surface area contributed by atoms with Crippen molar-refractivity contribution in [3.8, 4) is 0 Å². The Morgan fingerprint density at radius 3 is 1.95 bits per heavy atom. The summed E-state index contributed by atoms with van der Waals surface area (Å²) in [5.41, 5.74) is 1.12. The van der Waals surface area contributed by atoms with Crippen molar-refractivity contribution in [1.29, 1.82) is 0 Å². The molecular formula is C33H44N4O2. The van der Waals surface area contributed by atoms with Gasteiger partial charge in [0.2, 0.25) is 0 Å². The maximum Gasteiger partial charge on any atom is 0.315 e. The van der Waals surface area contributed by atoms with Gasteiger partial charge in [-0.25, -0.2) is 9.59 Å². The Morgan fingerprint density at radius 2 is 1.28 bits per heavy atom. The van der Waals surface area contributed by atoms with Crippen molar-refractivity contribution in [1.82, 2.24) is 21.3 Å². The Bertz CT molecular complexity index is 1340. The average Bonchev–Trinajstić information content (AvgIpc) is 2.96. The number of amides is 4. The van der Waals surface area contributed by atoms with Crippen molar-refractivity contribution in [2.24, 2.45) is 5.92 Å². The van der Waals surface area contributed by atoms with Crippen LogP contribution in [0.1, 0.15) is 70.8 Å². The van der Waals surface area contributed by atoms with Crippen LogP contribution in [0.2, 0.25) is 0 Å². The number of hydrogen-bond donors (Lipinski definition) is 4. The highest BCUT2D eigenvalue weighted by Gasteiger charge is 2.11. The fourth-order valence-electron chi connectivity index (χ4n) is 5.44. The van der Waals surface area contributed by atoms with E-state index in [9.17, 15) is 9.59 Å². The number of benzene rings is 4. The molecule has 0 radical (unpaired) electrons. The van der Waals surface area contributed by atoms with E-state index in [2.05, 4.69) is 89.7 Å². The number of carbonyl (C=O) groups excluding carboxylic acids is 2. The molecule has 4 amide bonds. The second-order valence-electron chi connectivity index (χ2n) is 10.7. The molecule has 4 aromatic rings. The molecule has 0 aliphatic carbocycles. The molecule has 6 heteroatoms. The number of nitrogens with one attached hydrogen (secondary N) is 4. The molecule has 0 aliphatic rings. The van der Waals surface area contributed by atoms with Crippen molar-refractivity contribution in [2.75, 3.05) is 19.6 Å². The van der Waals surface area contributed by atoms with Gasteiger partial charge in [0.25, 0.3) is 0 Å². The van der Waals surface area contributed by atoms with E-state index >= 15 is 0 Å². The standard InChI is InChI=1S/C33H44N4O2/c1-3-5-11-24(4-2)22-36-32(38)34-20-8-6-7-9-21-35-33(39)37-23-28-17-16-27-15-14-25-12-10-13-26-18-19-29(28)31(27)30(25)26/h10,12-19,24H,3-9,11,20-23H2,1-2H3,(H2,34,36,38)(H2,35,37,39). The fraction of sp³-hybridized carbons (Fsp3) is 0.455. The molecule has 0 fully saturated rings. The number of rotatable bonds is 15. The molecule has 39 heavy (non-hydrogen) atoms. The third-order valence-electron chi connectivity index (χ3n) is 7.83. The summed E-state index contributed by atoms with van der Waals surface area (Å²) in [5.74, 6) is 0.571. The highest BCUT2D eigenvalue weighted by Crippen LogP contribution is 2.35. The van der Waals surface area contributed by atoms with Crippen LogP contribution in [0.15, 0.2) is 54.6 Å². The Balaban J connectivity index is 1.11. The van der Waals surface area contributed by atoms with Gasteiger partial charge >= 0.3 is 12.1 Å². The van der Waals surface area contributed by atoms with Gasteiger partial charge < -0.3 is 21.3 Å². The lowest BCUT2D eigenvalue weighted by molar-refractivity contribution is 0.237. The third-order valence-corrected chi connectivity index (χ3v) is 7.83. The summed E-state index contributed by atoms with van der Waals surface area (Å²) in [4.78, 5) is 24.4. The van der Waals surface area contributed by atoms with Crippen LogP contribution < -0.4 is 21.3 Å². The lowest BCUT2D eigenvalue weighted by Gasteiger charge is -2.15. The predicted molar refractivity (Wildman–Crippen MR) is 164 cm³/mol. The van der Waals surface area contributed by atoms with E-state index in [-0.39, 0.29) is 12.1 Å². The van der Waals surface area contributed by atoms with Gasteiger partial charge in [-0.3, -0.25) is 0 Å². The van der Waals surface area contributed by atoms with E-state index in [1.807, 2.05) is 0 Å². The second kappa shape index (κ2) is 14.6. The van der Waals surface area contributed by atoms with Crippen LogP contribution in [0.5, 0.6) is 0 Å². The molecule has 4 aromatic carbocycles. The highest BCUT2D eigenvalue weighted by molar-refractivity contribution is 6.23. The molecule has 6 nitrogen and oxygen atoms in total. The van der Waals surface area contributed by atoms with E-state index < -0.39 is 0 Å². The second-order valence-corrected chi connectivity index (χ2v) is 10.7. The first-order valence-corrected chi connectivity index (χ1v) is 14.8. The zero-order valence-corrected chi connectivity index (χ0v) is 23.6. The molecule has 0 aromatic heterocycles. The summed E-state index contributed by atoms with van der Waals surface area (Å²) in [6.45, 7) is 6.97. The van der Waals surface area contributed by atoms with Gasteiger partial charge in [0.05, 0.1) is 0 Å². The van der Waals surface area contributed by atoms with E-state index in [1.54, 1.807) is 0 Å². The fourth-order valence-corrected chi connectivity index (χ4v) is 5.44. The van der Waals surface area contributed by atoms with Crippen LogP contribution in [0, 0.1) is 5.92 Å². The molecule has 0 heterocycles. The molecule has 0 aliphatic heterocycles. The Morgan fingerprint density at radius 1 is 0.667 bits per heavy atom. The van der Waals surface area contributed by atoms with E-state index in [0.29, 0.717) is 25.6 Å². The summed E-state index contributed by atoms with van der Waals surface area (Å²) in [6.07, 6.45) is 8.62. The lowest BCUT2D eigenvalue weighted by atomic mass is 9.92. The van der Waals surface area contributed by atoms with Crippen LogP contribution >= 0.6 is 0 Å². The molecule has 4 rings (SSSR count). The first-order valence-electron chi connectivity index (χ1n) is 14.8. The van der Waals surface area contributed by atoms with E-state index in [1.165, 1.54) is 51.6 Å². The minimum atomic E-state index is -0.136. The van der Waals surface area contributed by atoms with Crippen molar-refractivity contribution in [3.05, 3.63) is 60.2 Å². The van der Waals surface area contributed by atoms with Gasteiger partial charge in [0.15, 0.2) is 0 Å². The van der Waals surface area contributed by atoms with Gasteiger partial charge in [-0.1, -0.05) is 101 Å². The first kappa shape index (κ1) is 28.5. The Labute approximate surface area is 232 Å². The van der Waals surface area contributed by atoms with Crippen molar-refractivity contribution >= 4 is 44.4 Å². The number of unbranched alkanes of at least 4 members (excludes halogenated alkanes) is 4. The van der Waals surface area contributed by atoms with Crippen molar-refractivity contribution < 1.29 is 9.59 Å². The zero-order valence-electron chi connectivity index (χ0n) is 23.6. The van der Waals surface area contributed by atoms with Gasteiger partial charge in [-0.05, 0) is 63.1 Å². The molecule has 1 unspecified atom stereocenters. The van der Waals surface area contributed by atoms with E-state index in [0.717, 1.165) is 44.2 Å². The third kappa shape index (κ3) is 7.75. The largest absolute Gasteiger partial charge is 0.338 e. The SMILES string of the molecule is CCCCC(CC)CNC(=O)NCCCCCCNC(=O)NCc1ccc2ccc3cccc4ccc1c2c34. The minimum Gasteiger partial charge on any atom is -0.338 e. The topological polar surface area (TPSA) is 82.3 Å². The predicted octanol–water partition coefficient (Wildman–Crippen LogP) is 7.46. The summed E-state index contributed by atoms with van der Waals surface area (Å²) in [7, 11) is 0. The van der Waals surface area contributed by atoms with Gasteiger partial charge in [-0.15, -0.1) is 0 Å². The van der Waals surface area contributed by atoms with Gasteiger partial charge in [0, 0.05) is 26.2 Å². The van der Waals surface area contributed by atoms with Crippen molar-refractivity contribution in [3.63, 3.8) is 0 Å². The average molecular weight is 529 g/mol. The van der Waals surface area contributed by atoms with Crippen LogP contribution in [0.4, 0.5) is 9.59 Å². The molecule has 0 spiro atoms. The monoisotopic (exact) mass is 528 g/mol. The maximum absolute atomic E-state index is 12.4. The molecular weight excluding hydrogens is 484 g/mol.